The van der Waals surface area contributed by atoms with Crippen LogP contribution in [0.5, 0.6) is 5.75 Å². The largest absolute Gasteiger partial charge is 0.508 e. The molecular formula is C15H15NO2. The Hall–Kier alpha value is -2.29. The first-order valence-corrected chi connectivity index (χ1v) is 5.76. The Bertz CT molecular complexity index is 537. The van der Waals surface area contributed by atoms with Gasteiger partial charge >= 0.3 is 0 Å². The molecule has 2 aromatic rings. The minimum atomic E-state index is -0.0566. The smallest absolute Gasteiger partial charge is 0.253 e. The van der Waals surface area contributed by atoms with E-state index in [0.717, 1.165) is 5.56 Å². The first-order valence-electron chi connectivity index (χ1n) is 5.76. The number of rotatable bonds is 3. The van der Waals surface area contributed by atoms with Gasteiger partial charge in [-0.3, -0.25) is 4.79 Å². The van der Waals surface area contributed by atoms with Crippen molar-refractivity contribution in [2.75, 3.05) is 7.05 Å². The van der Waals surface area contributed by atoms with E-state index in [1.807, 2.05) is 30.3 Å². The number of phenols is 1. The quantitative estimate of drug-likeness (QED) is 0.897. The van der Waals surface area contributed by atoms with Crippen molar-refractivity contribution >= 4 is 5.91 Å². The number of benzene rings is 2. The van der Waals surface area contributed by atoms with Gasteiger partial charge in [0, 0.05) is 24.7 Å². The van der Waals surface area contributed by atoms with Gasteiger partial charge in [0.1, 0.15) is 5.75 Å². The van der Waals surface area contributed by atoms with Crippen LogP contribution >= 0.6 is 0 Å². The highest BCUT2D eigenvalue weighted by atomic mass is 16.3. The SMILES string of the molecule is CN(Cc1ccccc1O)C(=O)c1ccccc1. The molecule has 1 N–H and O–H groups in total. The number of amides is 1. The van der Waals surface area contributed by atoms with Crippen molar-refractivity contribution in [3.8, 4) is 5.75 Å². The number of aromatic hydroxyl groups is 1. The highest BCUT2D eigenvalue weighted by Gasteiger charge is 2.12. The van der Waals surface area contributed by atoms with Crippen molar-refractivity contribution in [2.45, 2.75) is 6.54 Å². The fourth-order valence-electron chi connectivity index (χ4n) is 1.77. The number of hydrogen-bond acceptors (Lipinski definition) is 2. The van der Waals surface area contributed by atoms with Gasteiger partial charge in [0.2, 0.25) is 0 Å². The van der Waals surface area contributed by atoms with Crippen molar-refractivity contribution in [1.29, 1.82) is 0 Å². The van der Waals surface area contributed by atoms with Crippen LogP contribution in [0.2, 0.25) is 0 Å². The summed E-state index contributed by atoms with van der Waals surface area (Å²) in [5.41, 5.74) is 1.39. The van der Waals surface area contributed by atoms with Gasteiger partial charge < -0.3 is 10.0 Å². The highest BCUT2D eigenvalue weighted by molar-refractivity contribution is 5.93. The van der Waals surface area contributed by atoms with E-state index < -0.39 is 0 Å². The molecule has 0 unspecified atom stereocenters. The van der Waals surface area contributed by atoms with Crippen molar-refractivity contribution < 1.29 is 9.90 Å². The van der Waals surface area contributed by atoms with Crippen LogP contribution in [-0.4, -0.2) is 23.0 Å². The van der Waals surface area contributed by atoms with Crippen molar-refractivity contribution in [1.82, 2.24) is 4.90 Å². The van der Waals surface area contributed by atoms with E-state index >= 15 is 0 Å². The van der Waals surface area contributed by atoms with E-state index in [-0.39, 0.29) is 11.7 Å². The minimum Gasteiger partial charge on any atom is -0.508 e. The normalized spacial score (nSPS) is 10.1. The van der Waals surface area contributed by atoms with Crippen molar-refractivity contribution in [3.63, 3.8) is 0 Å². The van der Waals surface area contributed by atoms with E-state index in [9.17, 15) is 9.90 Å². The second-order valence-electron chi connectivity index (χ2n) is 4.16. The van der Waals surface area contributed by atoms with E-state index in [1.165, 1.54) is 0 Å². The molecule has 0 aliphatic carbocycles. The Kier molecular flexibility index (Phi) is 3.63. The summed E-state index contributed by atoms with van der Waals surface area (Å²) >= 11 is 0. The fourth-order valence-corrected chi connectivity index (χ4v) is 1.77. The van der Waals surface area contributed by atoms with Gasteiger partial charge in [0.15, 0.2) is 0 Å². The van der Waals surface area contributed by atoms with Crippen LogP contribution in [-0.2, 0) is 6.54 Å². The predicted octanol–water partition coefficient (Wildman–Crippen LogP) is 2.66. The number of para-hydroxylation sites is 1. The highest BCUT2D eigenvalue weighted by Crippen LogP contribution is 2.18. The third-order valence-electron chi connectivity index (χ3n) is 2.77. The summed E-state index contributed by atoms with van der Waals surface area (Å²) < 4.78 is 0. The first-order chi connectivity index (χ1) is 8.68. The molecule has 1 amide bonds. The third kappa shape index (κ3) is 2.69. The van der Waals surface area contributed by atoms with Crippen LogP contribution in [0.25, 0.3) is 0 Å². The Morgan fingerprint density at radius 2 is 1.67 bits per heavy atom. The molecule has 2 aromatic carbocycles. The van der Waals surface area contributed by atoms with Crippen molar-refractivity contribution in [3.05, 3.63) is 65.7 Å². The lowest BCUT2D eigenvalue weighted by molar-refractivity contribution is 0.0784. The standard InChI is InChI=1S/C15H15NO2/c1-16(11-13-9-5-6-10-14(13)17)15(18)12-7-3-2-4-8-12/h2-10,17H,11H2,1H3. The molecule has 3 heteroatoms. The van der Waals surface area contributed by atoms with Gasteiger partial charge in [0.25, 0.3) is 5.91 Å². The number of carbonyl (C=O) groups is 1. The molecule has 0 bridgehead atoms. The van der Waals surface area contributed by atoms with Crippen molar-refractivity contribution in [2.24, 2.45) is 0 Å². The summed E-state index contributed by atoms with van der Waals surface area (Å²) in [6.45, 7) is 0.389. The maximum Gasteiger partial charge on any atom is 0.253 e. The summed E-state index contributed by atoms with van der Waals surface area (Å²) in [6.07, 6.45) is 0. The van der Waals surface area contributed by atoms with E-state index in [4.69, 9.17) is 0 Å². The maximum absolute atomic E-state index is 12.1. The summed E-state index contributed by atoms with van der Waals surface area (Å²) in [7, 11) is 1.72. The molecule has 0 aliphatic heterocycles. The van der Waals surface area contributed by atoms with Crippen LogP contribution < -0.4 is 0 Å². The van der Waals surface area contributed by atoms with Gasteiger partial charge in [0.05, 0.1) is 0 Å². The molecule has 0 heterocycles. The Balaban J connectivity index is 2.11. The molecule has 3 nitrogen and oxygen atoms in total. The lowest BCUT2D eigenvalue weighted by atomic mass is 10.1. The molecule has 0 saturated carbocycles. The zero-order chi connectivity index (χ0) is 13.0. The second-order valence-corrected chi connectivity index (χ2v) is 4.16. The number of hydrogen-bond donors (Lipinski definition) is 1. The Labute approximate surface area is 106 Å². The van der Waals surface area contributed by atoms with Gasteiger partial charge in [-0.05, 0) is 18.2 Å². The lowest BCUT2D eigenvalue weighted by Crippen LogP contribution is -2.26. The van der Waals surface area contributed by atoms with E-state index in [0.29, 0.717) is 12.1 Å². The topological polar surface area (TPSA) is 40.5 Å². The van der Waals surface area contributed by atoms with Gasteiger partial charge in [-0.2, -0.15) is 0 Å². The average molecular weight is 241 g/mol. The molecular weight excluding hydrogens is 226 g/mol. The lowest BCUT2D eigenvalue weighted by Gasteiger charge is -2.17. The summed E-state index contributed by atoms with van der Waals surface area (Å²) in [4.78, 5) is 13.7. The maximum atomic E-state index is 12.1. The Morgan fingerprint density at radius 1 is 1.06 bits per heavy atom. The molecule has 2 rings (SSSR count). The third-order valence-corrected chi connectivity index (χ3v) is 2.77. The minimum absolute atomic E-state index is 0.0566. The molecule has 0 aliphatic rings. The summed E-state index contributed by atoms with van der Waals surface area (Å²) in [5.74, 6) is 0.157. The zero-order valence-corrected chi connectivity index (χ0v) is 10.2. The monoisotopic (exact) mass is 241 g/mol. The number of carbonyl (C=O) groups excluding carboxylic acids is 1. The van der Waals surface area contributed by atoms with Crippen LogP contribution in [0, 0.1) is 0 Å². The molecule has 0 aromatic heterocycles. The summed E-state index contributed by atoms with van der Waals surface area (Å²) in [5, 5.41) is 9.67. The van der Waals surface area contributed by atoms with Crippen LogP contribution in [0.15, 0.2) is 54.6 Å². The van der Waals surface area contributed by atoms with E-state index in [2.05, 4.69) is 0 Å². The molecule has 0 saturated heterocycles. The van der Waals surface area contributed by atoms with Crippen LogP contribution in [0.4, 0.5) is 0 Å². The van der Waals surface area contributed by atoms with Gasteiger partial charge in [-0.1, -0.05) is 36.4 Å². The molecule has 0 spiro atoms. The fraction of sp³-hybridized carbons (Fsp3) is 0.133. The molecule has 0 fully saturated rings. The zero-order valence-electron chi connectivity index (χ0n) is 10.2. The molecule has 0 radical (unpaired) electrons. The van der Waals surface area contributed by atoms with Crippen LogP contribution in [0.1, 0.15) is 15.9 Å². The number of phenolic OH excluding ortho intramolecular Hbond substituents is 1. The second kappa shape index (κ2) is 5.36. The van der Waals surface area contributed by atoms with Gasteiger partial charge in [-0.25, -0.2) is 0 Å². The molecule has 92 valence electrons. The number of nitrogens with zero attached hydrogens (tertiary/aromatic N) is 1. The Morgan fingerprint density at radius 3 is 2.33 bits per heavy atom. The van der Waals surface area contributed by atoms with E-state index in [1.54, 1.807) is 36.2 Å². The molecule has 0 atom stereocenters. The summed E-state index contributed by atoms with van der Waals surface area (Å²) in [6, 6.07) is 16.1. The van der Waals surface area contributed by atoms with Crippen LogP contribution in [0.3, 0.4) is 0 Å². The average Bonchev–Trinajstić information content (AvgIpc) is 2.41. The van der Waals surface area contributed by atoms with Gasteiger partial charge in [-0.15, -0.1) is 0 Å². The first kappa shape index (κ1) is 12.2. The predicted molar refractivity (Wildman–Crippen MR) is 70.3 cm³/mol. The molecule has 18 heavy (non-hydrogen) atoms.